The minimum atomic E-state index is -0.108. The standard InChI is InChI=1S/C12H20O3/c1-11(2)9-12(4-6-14-11)7-10(8-13)3-5-15-12/h8,10H,3-7,9H2,1-2H3. The summed E-state index contributed by atoms with van der Waals surface area (Å²) >= 11 is 0. The van der Waals surface area contributed by atoms with Crippen LogP contribution in [0.5, 0.6) is 0 Å². The molecule has 86 valence electrons. The largest absolute Gasteiger partial charge is 0.375 e. The van der Waals surface area contributed by atoms with Crippen LogP contribution in [0.2, 0.25) is 0 Å². The fourth-order valence-corrected chi connectivity index (χ4v) is 2.91. The lowest BCUT2D eigenvalue weighted by atomic mass is 9.76. The van der Waals surface area contributed by atoms with Gasteiger partial charge in [-0.05, 0) is 33.1 Å². The molecular formula is C12H20O3. The molecule has 0 aromatic rings. The highest BCUT2D eigenvalue weighted by atomic mass is 16.5. The van der Waals surface area contributed by atoms with Crippen molar-refractivity contribution >= 4 is 6.29 Å². The summed E-state index contributed by atoms with van der Waals surface area (Å²) in [5.41, 5.74) is -0.200. The van der Waals surface area contributed by atoms with E-state index in [1.165, 1.54) is 0 Å². The van der Waals surface area contributed by atoms with Crippen LogP contribution in [0.4, 0.5) is 0 Å². The zero-order valence-electron chi connectivity index (χ0n) is 9.62. The zero-order chi connectivity index (χ0) is 10.9. The van der Waals surface area contributed by atoms with E-state index in [1.807, 2.05) is 0 Å². The Morgan fingerprint density at radius 1 is 1.27 bits per heavy atom. The minimum absolute atomic E-state index is 0.0917. The molecule has 0 bridgehead atoms. The number of carbonyl (C=O) groups excluding carboxylic acids is 1. The van der Waals surface area contributed by atoms with Gasteiger partial charge in [0.25, 0.3) is 0 Å². The Hall–Kier alpha value is -0.410. The number of ether oxygens (including phenoxy) is 2. The van der Waals surface area contributed by atoms with E-state index in [0.717, 1.165) is 45.2 Å². The average molecular weight is 212 g/mol. The van der Waals surface area contributed by atoms with Gasteiger partial charge < -0.3 is 14.3 Å². The van der Waals surface area contributed by atoms with Crippen LogP contribution < -0.4 is 0 Å². The first-order valence-electron chi connectivity index (χ1n) is 5.79. The van der Waals surface area contributed by atoms with Crippen LogP contribution in [-0.2, 0) is 14.3 Å². The number of hydrogen-bond donors (Lipinski definition) is 0. The lowest BCUT2D eigenvalue weighted by Gasteiger charge is -2.47. The van der Waals surface area contributed by atoms with Crippen LogP contribution in [0.15, 0.2) is 0 Å². The van der Waals surface area contributed by atoms with Gasteiger partial charge in [-0.2, -0.15) is 0 Å². The summed E-state index contributed by atoms with van der Waals surface area (Å²) in [6.07, 6.45) is 4.69. The summed E-state index contributed by atoms with van der Waals surface area (Å²) < 4.78 is 11.6. The molecular weight excluding hydrogens is 192 g/mol. The van der Waals surface area contributed by atoms with Crippen LogP contribution >= 0.6 is 0 Å². The Bertz CT molecular complexity index is 245. The van der Waals surface area contributed by atoms with E-state index in [4.69, 9.17) is 9.47 Å². The van der Waals surface area contributed by atoms with E-state index in [1.54, 1.807) is 0 Å². The van der Waals surface area contributed by atoms with Crippen molar-refractivity contribution in [2.75, 3.05) is 13.2 Å². The first-order chi connectivity index (χ1) is 7.05. The van der Waals surface area contributed by atoms with Crippen molar-refractivity contribution in [1.29, 1.82) is 0 Å². The highest BCUT2D eigenvalue weighted by molar-refractivity contribution is 5.53. The minimum Gasteiger partial charge on any atom is -0.375 e. The monoisotopic (exact) mass is 212 g/mol. The maximum atomic E-state index is 10.9. The maximum absolute atomic E-state index is 10.9. The zero-order valence-corrected chi connectivity index (χ0v) is 9.62. The molecule has 0 radical (unpaired) electrons. The SMILES string of the molecule is CC1(C)CC2(CCO1)CC(C=O)CCO2. The molecule has 2 saturated heterocycles. The molecule has 3 nitrogen and oxygen atoms in total. The molecule has 0 N–H and O–H groups in total. The van der Waals surface area contributed by atoms with Crippen molar-refractivity contribution in [3.63, 3.8) is 0 Å². The van der Waals surface area contributed by atoms with Crippen LogP contribution in [0.3, 0.4) is 0 Å². The normalized spacial score (nSPS) is 40.3. The van der Waals surface area contributed by atoms with Gasteiger partial charge in [0.1, 0.15) is 6.29 Å². The van der Waals surface area contributed by atoms with E-state index in [2.05, 4.69) is 13.8 Å². The van der Waals surface area contributed by atoms with Gasteiger partial charge in [0.2, 0.25) is 0 Å². The van der Waals surface area contributed by atoms with Gasteiger partial charge in [-0.25, -0.2) is 0 Å². The fourth-order valence-electron chi connectivity index (χ4n) is 2.91. The summed E-state index contributed by atoms with van der Waals surface area (Å²) in [6, 6.07) is 0. The van der Waals surface area contributed by atoms with Crippen molar-refractivity contribution in [2.45, 2.75) is 50.7 Å². The molecule has 2 rings (SSSR count). The van der Waals surface area contributed by atoms with E-state index < -0.39 is 0 Å². The average Bonchev–Trinajstić information content (AvgIpc) is 2.15. The van der Waals surface area contributed by atoms with Gasteiger partial charge >= 0.3 is 0 Å². The predicted molar refractivity (Wildman–Crippen MR) is 56.7 cm³/mol. The summed E-state index contributed by atoms with van der Waals surface area (Å²) in [6.45, 7) is 5.67. The molecule has 2 aliphatic rings. The highest BCUT2D eigenvalue weighted by Gasteiger charge is 2.44. The molecule has 2 atom stereocenters. The van der Waals surface area contributed by atoms with Crippen LogP contribution in [0, 0.1) is 5.92 Å². The van der Waals surface area contributed by atoms with E-state index in [-0.39, 0.29) is 17.1 Å². The highest BCUT2D eigenvalue weighted by Crippen LogP contribution is 2.41. The molecule has 2 heterocycles. The number of carbonyl (C=O) groups is 1. The van der Waals surface area contributed by atoms with Crippen molar-refractivity contribution in [3.8, 4) is 0 Å². The smallest absolute Gasteiger partial charge is 0.123 e. The van der Waals surface area contributed by atoms with Gasteiger partial charge in [0, 0.05) is 18.9 Å². The van der Waals surface area contributed by atoms with E-state index >= 15 is 0 Å². The molecule has 2 fully saturated rings. The van der Waals surface area contributed by atoms with Crippen molar-refractivity contribution in [2.24, 2.45) is 5.92 Å². The molecule has 2 aliphatic heterocycles. The Labute approximate surface area is 91.1 Å². The third-order valence-electron chi connectivity index (χ3n) is 3.52. The van der Waals surface area contributed by atoms with Gasteiger partial charge in [-0.1, -0.05) is 0 Å². The molecule has 3 heteroatoms. The van der Waals surface area contributed by atoms with Crippen LogP contribution in [0.1, 0.15) is 39.5 Å². The van der Waals surface area contributed by atoms with Gasteiger partial charge in [0.15, 0.2) is 0 Å². The third kappa shape index (κ3) is 2.40. The predicted octanol–water partition coefficient (Wildman–Crippen LogP) is 1.94. The fraction of sp³-hybridized carbons (Fsp3) is 0.917. The molecule has 2 unspecified atom stereocenters. The molecule has 0 saturated carbocycles. The Morgan fingerprint density at radius 3 is 2.73 bits per heavy atom. The summed E-state index contributed by atoms with van der Waals surface area (Å²) in [5, 5.41) is 0. The molecule has 0 aromatic carbocycles. The quantitative estimate of drug-likeness (QED) is 0.623. The Balaban J connectivity index is 2.08. The summed E-state index contributed by atoms with van der Waals surface area (Å²) in [5.74, 6) is 0.188. The van der Waals surface area contributed by atoms with E-state index in [0.29, 0.717) is 0 Å². The molecule has 0 aromatic heterocycles. The number of rotatable bonds is 1. The van der Waals surface area contributed by atoms with Crippen molar-refractivity contribution in [1.82, 2.24) is 0 Å². The second-order valence-electron chi connectivity index (χ2n) is 5.46. The first-order valence-corrected chi connectivity index (χ1v) is 5.79. The molecule has 15 heavy (non-hydrogen) atoms. The maximum Gasteiger partial charge on any atom is 0.123 e. The molecule has 1 spiro atoms. The third-order valence-corrected chi connectivity index (χ3v) is 3.52. The topological polar surface area (TPSA) is 35.5 Å². The van der Waals surface area contributed by atoms with Crippen LogP contribution in [0.25, 0.3) is 0 Å². The Morgan fingerprint density at radius 2 is 2.07 bits per heavy atom. The van der Waals surface area contributed by atoms with Gasteiger partial charge in [0.05, 0.1) is 17.8 Å². The van der Waals surface area contributed by atoms with Crippen LogP contribution in [-0.4, -0.2) is 30.7 Å². The van der Waals surface area contributed by atoms with Crippen molar-refractivity contribution < 1.29 is 14.3 Å². The van der Waals surface area contributed by atoms with Gasteiger partial charge in [-0.15, -0.1) is 0 Å². The molecule has 0 amide bonds. The number of aldehydes is 1. The summed E-state index contributed by atoms with van der Waals surface area (Å²) in [4.78, 5) is 10.9. The molecule has 0 aliphatic carbocycles. The first kappa shape index (κ1) is 11.1. The van der Waals surface area contributed by atoms with E-state index in [9.17, 15) is 4.79 Å². The second-order valence-corrected chi connectivity index (χ2v) is 5.46. The second kappa shape index (κ2) is 3.87. The summed E-state index contributed by atoms with van der Waals surface area (Å²) in [7, 11) is 0. The Kier molecular flexibility index (Phi) is 2.86. The van der Waals surface area contributed by atoms with Gasteiger partial charge in [-0.3, -0.25) is 0 Å². The van der Waals surface area contributed by atoms with Crippen molar-refractivity contribution in [3.05, 3.63) is 0 Å². The lowest BCUT2D eigenvalue weighted by molar-refractivity contribution is -0.192. The number of hydrogen-bond acceptors (Lipinski definition) is 3. The lowest BCUT2D eigenvalue weighted by Crippen LogP contribution is -2.50.